The molecule has 0 aliphatic heterocycles. The molecule has 7 heteroatoms. The van der Waals surface area contributed by atoms with E-state index < -0.39 is 21.8 Å². The highest BCUT2D eigenvalue weighted by Crippen LogP contribution is 2.19. The summed E-state index contributed by atoms with van der Waals surface area (Å²) in [6.45, 7) is 3.33. The van der Waals surface area contributed by atoms with Crippen LogP contribution >= 0.6 is 0 Å². The van der Waals surface area contributed by atoms with Gasteiger partial charge in [-0.1, -0.05) is 17.7 Å². The number of rotatable bonds is 3. The van der Waals surface area contributed by atoms with E-state index in [-0.39, 0.29) is 10.7 Å². The first-order chi connectivity index (χ1) is 8.88. The number of aryl methyl sites for hydroxylation is 2. The number of aromatic nitrogens is 2. The summed E-state index contributed by atoms with van der Waals surface area (Å²) >= 11 is 0. The summed E-state index contributed by atoms with van der Waals surface area (Å²) in [4.78, 5) is 7.14. The zero-order chi connectivity index (χ0) is 14.0. The van der Waals surface area contributed by atoms with E-state index in [4.69, 9.17) is 0 Å². The van der Waals surface area contributed by atoms with Gasteiger partial charge in [0.15, 0.2) is 0 Å². The molecule has 0 radical (unpaired) electrons. The summed E-state index contributed by atoms with van der Waals surface area (Å²) in [5, 5.41) is 0. The zero-order valence-electron chi connectivity index (χ0n) is 10.3. The molecule has 5 nitrogen and oxygen atoms in total. The Labute approximate surface area is 110 Å². The molecule has 0 spiro atoms. The third kappa shape index (κ3) is 3.05. The van der Waals surface area contributed by atoms with E-state index in [0.717, 1.165) is 11.8 Å². The SMILES string of the molecule is Cc1ccc(S(=O)(=O)Oc2nc(C)ncc2F)cc1. The molecule has 1 aromatic heterocycles. The summed E-state index contributed by atoms with van der Waals surface area (Å²) in [5.74, 6) is -1.31. The van der Waals surface area contributed by atoms with E-state index in [2.05, 4.69) is 14.2 Å². The maximum atomic E-state index is 13.4. The molecule has 1 heterocycles. The van der Waals surface area contributed by atoms with Crippen LogP contribution in [0.1, 0.15) is 11.4 Å². The van der Waals surface area contributed by atoms with Crippen LogP contribution in [0.2, 0.25) is 0 Å². The molecule has 1 aromatic carbocycles. The molecule has 0 N–H and O–H groups in total. The Kier molecular flexibility index (Phi) is 3.48. The lowest BCUT2D eigenvalue weighted by Gasteiger charge is -2.07. The minimum Gasteiger partial charge on any atom is -0.355 e. The molecule has 2 aromatic rings. The lowest BCUT2D eigenvalue weighted by atomic mass is 10.2. The second-order valence-electron chi connectivity index (χ2n) is 3.92. The van der Waals surface area contributed by atoms with Crippen LogP contribution in [0, 0.1) is 19.7 Å². The van der Waals surface area contributed by atoms with Gasteiger partial charge in [0.1, 0.15) is 10.7 Å². The fraction of sp³-hybridized carbons (Fsp3) is 0.167. The summed E-state index contributed by atoms with van der Waals surface area (Å²) in [7, 11) is -4.10. The molecule has 0 aliphatic carbocycles. The van der Waals surface area contributed by atoms with Gasteiger partial charge in [-0.2, -0.15) is 17.8 Å². The number of halogens is 1. The van der Waals surface area contributed by atoms with Crippen molar-refractivity contribution in [2.24, 2.45) is 0 Å². The van der Waals surface area contributed by atoms with Crippen LogP contribution in [0.15, 0.2) is 35.4 Å². The number of hydrogen-bond donors (Lipinski definition) is 0. The van der Waals surface area contributed by atoms with Crippen LogP contribution in [0.3, 0.4) is 0 Å². The van der Waals surface area contributed by atoms with Gasteiger partial charge in [0.25, 0.3) is 5.88 Å². The van der Waals surface area contributed by atoms with Crippen LogP contribution in [0.4, 0.5) is 4.39 Å². The summed E-state index contributed by atoms with van der Waals surface area (Å²) in [6.07, 6.45) is 0.863. The Morgan fingerprint density at radius 2 is 1.79 bits per heavy atom. The van der Waals surface area contributed by atoms with Gasteiger partial charge >= 0.3 is 10.1 Å². The van der Waals surface area contributed by atoms with Gasteiger partial charge in [-0.25, -0.2) is 4.98 Å². The van der Waals surface area contributed by atoms with E-state index in [0.29, 0.717) is 0 Å². The molecule has 0 saturated heterocycles. The van der Waals surface area contributed by atoms with Crippen molar-refractivity contribution in [3.05, 3.63) is 47.7 Å². The van der Waals surface area contributed by atoms with Crippen LogP contribution in [-0.2, 0) is 10.1 Å². The molecular formula is C12H11FN2O3S. The maximum absolute atomic E-state index is 13.4. The van der Waals surface area contributed by atoms with Gasteiger partial charge in [0, 0.05) is 0 Å². The van der Waals surface area contributed by atoms with Crippen molar-refractivity contribution in [2.75, 3.05) is 0 Å². The van der Waals surface area contributed by atoms with Crippen molar-refractivity contribution in [2.45, 2.75) is 18.7 Å². The van der Waals surface area contributed by atoms with Gasteiger partial charge in [-0.15, -0.1) is 0 Å². The molecule has 0 saturated carbocycles. The van der Waals surface area contributed by atoms with Gasteiger partial charge in [0.2, 0.25) is 5.82 Å². The maximum Gasteiger partial charge on any atom is 0.340 e. The third-order valence-corrected chi connectivity index (χ3v) is 3.56. The largest absolute Gasteiger partial charge is 0.355 e. The molecule has 0 amide bonds. The normalized spacial score (nSPS) is 11.3. The van der Waals surface area contributed by atoms with Crippen LogP contribution in [0.25, 0.3) is 0 Å². The molecule has 100 valence electrons. The molecule has 0 bridgehead atoms. The van der Waals surface area contributed by atoms with Gasteiger partial charge in [-0.3, -0.25) is 0 Å². The standard InChI is InChI=1S/C12H11FN2O3S/c1-8-3-5-10(6-4-8)19(16,17)18-12-11(13)7-14-9(2)15-12/h3-7H,1-2H3. The van der Waals surface area contributed by atoms with Crippen molar-refractivity contribution >= 4 is 10.1 Å². The Hall–Kier alpha value is -2.02. The predicted octanol–water partition coefficient (Wildman–Crippen LogP) is 2.00. The van der Waals surface area contributed by atoms with Gasteiger partial charge in [-0.05, 0) is 26.0 Å². The number of hydrogen-bond acceptors (Lipinski definition) is 5. The van der Waals surface area contributed by atoms with Crippen LogP contribution in [0.5, 0.6) is 5.88 Å². The quantitative estimate of drug-likeness (QED) is 0.805. The average Bonchev–Trinajstić information content (AvgIpc) is 2.34. The first-order valence-corrected chi connectivity index (χ1v) is 6.79. The van der Waals surface area contributed by atoms with E-state index in [9.17, 15) is 12.8 Å². The lowest BCUT2D eigenvalue weighted by Crippen LogP contribution is -2.12. The molecule has 0 aliphatic rings. The summed E-state index contributed by atoms with van der Waals surface area (Å²) < 4.78 is 41.9. The average molecular weight is 282 g/mol. The van der Waals surface area contributed by atoms with Crippen molar-refractivity contribution in [3.8, 4) is 5.88 Å². The molecule has 0 unspecified atom stereocenters. The van der Waals surface area contributed by atoms with Crippen molar-refractivity contribution in [3.63, 3.8) is 0 Å². The molecule has 2 rings (SSSR count). The summed E-state index contributed by atoms with van der Waals surface area (Å²) in [6, 6.07) is 6.02. The van der Waals surface area contributed by atoms with Crippen molar-refractivity contribution in [1.82, 2.24) is 9.97 Å². The smallest absolute Gasteiger partial charge is 0.340 e. The highest BCUT2D eigenvalue weighted by atomic mass is 32.2. The van der Waals surface area contributed by atoms with Crippen LogP contribution < -0.4 is 4.18 Å². The van der Waals surface area contributed by atoms with Crippen molar-refractivity contribution < 1.29 is 17.0 Å². The molecule has 0 fully saturated rings. The molecule has 0 atom stereocenters. The highest BCUT2D eigenvalue weighted by molar-refractivity contribution is 7.87. The molecule has 19 heavy (non-hydrogen) atoms. The first-order valence-electron chi connectivity index (χ1n) is 5.39. The fourth-order valence-corrected chi connectivity index (χ4v) is 2.24. The van der Waals surface area contributed by atoms with Gasteiger partial charge in [0.05, 0.1) is 6.20 Å². The van der Waals surface area contributed by atoms with E-state index >= 15 is 0 Å². The summed E-state index contributed by atoms with van der Waals surface area (Å²) in [5.41, 5.74) is 0.906. The minimum atomic E-state index is -4.10. The zero-order valence-corrected chi connectivity index (χ0v) is 11.1. The Morgan fingerprint density at radius 1 is 1.16 bits per heavy atom. The predicted molar refractivity (Wildman–Crippen MR) is 65.7 cm³/mol. The van der Waals surface area contributed by atoms with Crippen LogP contribution in [-0.4, -0.2) is 18.4 Å². The Bertz CT molecular complexity index is 699. The first kappa shape index (κ1) is 13.4. The van der Waals surface area contributed by atoms with Gasteiger partial charge < -0.3 is 4.18 Å². The Morgan fingerprint density at radius 3 is 2.42 bits per heavy atom. The van der Waals surface area contributed by atoms with Crippen molar-refractivity contribution in [1.29, 1.82) is 0 Å². The minimum absolute atomic E-state index is 0.0613. The third-order valence-electron chi connectivity index (χ3n) is 2.33. The Balaban J connectivity index is 2.36. The van der Waals surface area contributed by atoms with E-state index in [1.165, 1.54) is 19.1 Å². The fourth-order valence-electron chi connectivity index (χ4n) is 1.35. The highest BCUT2D eigenvalue weighted by Gasteiger charge is 2.20. The second kappa shape index (κ2) is 4.93. The topological polar surface area (TPSA) is 69.2 Å². The van der Waals surface area contributed by atoms with E-state index in [1.54, 1.807) is 12.1 Å². The number of nitrogens with zero attached hydrogens (tertiary/aromatic N) is 2. The van der Waals surface area contributed by atoms with E-state index in [1.807, 2.05) is 6.92 Å². The second-order valence-corrected chi connectivity index (χ2v) is 5.47. The lowest BCUT2D eigenvalue weighted by molar-refractivity contribution is 0.444. The monoisotopic (exact) mass is 282 g/mol. The molecular weight excluding hydrogens is 271 g/mol. The number of benzene rings is 1.